The number of hydrogen-bond acceptors (Lipinski definition) is 3. The van der Waals surface area contributed by atoms with E-state index in [4.69, 9.17) is 15.2 Å². The van der Waals surface area contributed by atoms with Crippen molar-refractivity contribution in [2.75, 3.05) is 20.3 Å². The van der Waals surface area contributed by atoms with E-state index in [-0.39, 0.29) is 0 Å². The fourth-order valence-corrected chi connectivity index (χ4v) is 2.80. The Morgan fingerprint density at radius 1 is 1.04 bits per heavy atom. The Bertz CT molecular complexity index is 625. The molecule has 0 saturated heterocycles. The van der Waals surface area contributed by atoms with Gasteiger partial charge in [-0.05, 0) is 68.5 Å². The summed E-state index contributed by atoms with van der Waals surface area (Å²) in [6.45, 7) is 5.48. The van der Waals surface area contributed by atoms with Crippen LogP contribution in [0.1, 0.15) is 35.4 Å². The van der Waals surface area contributed by atoms with Gasteiger partial charge in [0.05, 0.1) is 13.7 Å². The predicted molar refractivity (Wildman–Crippen MR) is 95.4 cm³/mol. The molecule has 1 atom stereocenters. The lowest BCUT2D eigenvalue weighted by molar-refractivity contribution is 0.300. The van der Waals surface area contributed by atoms with Gasteiger partial charge < -0.3 is 15.2 Å². The molecule has 0 fully saturated rings. The highest BCUT2D eigenvalue weighted by Crippen LogP contribution is 2.30. The van der Waals surface area contributed by atoms with Crippen molar-refractivity contribution >= 4 is 0 Å². The molecule has 23 heavy (non-hydrogen) atoms. The fourth-order valence-electron chi connectivity index (χ4n) is 2.80. The third-order valence-corrected chi connectivity index (χ3v) is 4.06. The van der Waals surface area contributed by atoms with Crippen LogP contribution in [0, 0.1) is 13.8 Å². The summed E-state index contributed by atoms with van der Waals surface area (Å²) in [6.07, 6.45) is 1.95. The van der Waals surface area contributed by atoms with E-state index in [1.165, 1.54) is 16.7 Å². The van der Waals surface area contributed by atoms with Crippen LogP contribution in [0.4, 0.5) is 0 Å². The summed E-state index contributed by atoms with van der Waals surface area (Å²) in [5, 5.41) is 0. The Labute approximate surface area is 139 Å². The lowest BCUT2D eigenvalue weighted by Gasteiger charge is -2.19. The maximum absolute atomic E-state index is 6.00. The Kier molecular flexibility index (Phi) is 6.48. The van der Waals surface area contributed by atoms with Crippen LogP contribution in [0.5, 0.6) is 11.5 Å². The zero-order valence-electron chi connectivity index (χ0n) is 14.3. The molecule has 0 radical (unpaired) electrons. The molecule has 3 heteroatoms. The van der Waals surface area contributed by atoms with Crippen LogP contribution in [0.2, 0.25) is 0 Å². The largest absolute Gasteiger partial charge is 0.496 e. The van der Waals surface area contributed by atoms with Gasteiger partial charge in [-0.25, -0.2) is 0 Å². The van der Waals surface area contributed by atoms with E-state index in [0.29, 0.717) is 19.1 Å². The molecule has 124 valence electrons. The molecule has 2 aromatic carbocycles. The summed E-state index contributed by atoms with van der Waals surface area (Å²) in [7, 11) is 1.71. The molecule has 3 nitrogen and oxygen atoms in total. The molecule has 0 aliphatic heterocycles. The van der Waals surface area contributed by atoms with Crippen LogP contribution >= 0.6 is 0 Å². The van der Waals surface area contributed by atoms with Crippen LogP contribution in [0.3, 0.4) is 0 Å². The van der Waals surface area contributed by atoms with Crippen LogP contribution in [0.25, 0.3) is 0 Å². The highest BCUT2D eigenvalue weighted by molar-refractivity contribution is 5.39. The third kappa shape index (κ3) is 5.00. The highest BCUT2D eigenvalue weighted by Gasteiger charge is 2.15. The number of aryl methyl sites for hydroxylation is 2. The van der Waals surface area contributed by atoms with E-state index in [1.807, 2.05) is 18.2 Å². The van der Waals surface area contributed by atoms with Gasteiger partial charge in [-0.2, -0.15) is 0 Å². The topological polar surface area (TPSA) is 44.5 Å². The molecule has 2 rings (SSSR count). The number of methoxy groups -OCH3 is 1. The first-order valence-electron chi connectivity index (χ1n) is 8.18. The zero-order valence-corrected chi connectivity index (χ0v) is 14.3. The normalized spacial score (nSPS) is 12.0. The summed E-state index contributed by atoms with van der Waals surface area (Å²) < 4.78 is 11.3. The molecule has 0 heterocycles. The van der Waals surface area contributed by atoms with Gasteiger partial charge in [0.25, 0.3) is 0 Å². The summed E-state index contributed by atoms with van der Waals surface area (Å²) >= 11 is 0. The van der Waals surface area contributed by atoms with Crippen LogP contribution in [0.15, 0.2) is 42.5 Å². The van der Waals surface area contributed by atoms with Crippen molar-refractivity contribution in [2.24, 2.45) is 5.73 Å². The summed E-state index contributed by atoms with van der Waals surface area (Å²) in [6, 6.07) is 14.4. The van der Waals surface area contributed by atoms with Gasteiger partial charge in [0.1, 0.15) is 11.5 Å². The average molecular weight is 313 g/mol. The second-order valence-corrected chi connectivity index (χ2v) is 5.99. The Morgan fingerprint density at radius 3 is 2.52 bits per heavy atom. The van der Waals surface area contributed by atoms with Gasteiger partial charge >= 0.3 is 0 Å². The first-order valence-corrected chi connectivity index (χ1v) is 8.18. The Balaban J connectivity index is 1.91. The number of rotatable bonds is 8. The van der Waals surface area contributed by atoms with Gasteiger partial charge in [-0.15, -0.1) is 0 Å². The van der Waals surface area contributed by atoms with Crippen molar-refractivity contribution in [1.82, 2.24) is 0 Å². The SMILES string of the molecule is COc1ccc(C)cc1C(CN)CCCOc1cccc(C)c1. The molecule has 0 amide bonds. The monoisotopic (exact) mass is 313 g/mol. The minimum Gasteiger partial charge on any atom is -0.496 e. The van der Waals surface area contributed by atoms with E-state index in [0.717, 1.165) is 24.3 Å². The van der Waals surface area contributed by atoms with Gasteiger partial charge in [0.2, 0.25) is 0 Å². The zero-order chi connectivity index (χ0) is 16.7. The second-order valence-electron chi connectivity index (χ2n) is 5.99. The highest BCUT2D eigenvalue weighted by atomic mass is 16.5. The Hall–Kier alpha value is -2.00. The van der Waals surface area contributed by atoms with Crippen molar-refractivity contribution in [1.29, 1.82) is 0 Å². The minimum absolute atomic E-state index is 0.297. The van der Waals surface area contributed by atoms with Crippen molar-refractivity contribution in [3.63, 3.8) is 0 Å². The minimum atomic E-state index is 0.297. The maximum atomic E-state index is 6.00. The van der Waals surface area contributed by atoms with Crippen LogP contribution < -0.4 is 15.2 Å². The molecule has 0 aliphatic rings. The lowest BCUT2D eigenvalue weighted by Crippen LogP contribution is -2.15. The number of hydrogen-bond donors (Lipinski definition) is 1. The molecule has 0 saturated carbocycles. The fraction of sp³-hybridized carbons (Fsp3) is 0.400. The quantitative estimate of drug-likeness (QED) is 0.742. The molecule has 2 N–H and O–H groups in total. The molecule has 2 aromatic rings. The smallest absolute Gasteiger partial charge is 0.122 e. The molecule has 0 bridgehead atoms. The first kappa shape index (κ1) is 17.4. The number of nitrogens with two attached hydrogens (primary N) is 1. The first-order chi connectivity index (χ1) is 11.1. The van der Waals surface area contributed by atoms with E-state index in [2.05, 4.69) is 38.1 Å². The summed E-state index contributed by atoms with van der Waals surface area (Å²) in [5.41, 5.74) is 9.64. The van der Waals surface area contributed by atoms with E-state index in [1.54, 1.807) is 7.11 Å². The summed E-state index contributed by atoms with van der Waals surface area (Å²) in [4.78, 5) is 0. The molecule has 0 spiro atoms. The molecule has 0 aromatic heterocycles. The average Bonchev–Trinajstić information content (AvgIpc) is 2.55. The summed E-state index contributed by atoms with van der Waals surface area (Å²) in [5.74, 6) is 2.15. The van der Waals surface area contributed by atoms with Crippen molar-refractivity contribution in [3.8, 4) is 11.5 Å². The molecular weight excluding hydrogens is 286 g/mol. The van der Waals surface area contributed by atoms with Crippen molar-refractivity contribution < 1.29 is 9.47 Å². The van der Waals surface area contributed by atoms with Crippen LogP contribution in [-0.2, 0) is 0 Å². The number of benzene rings is 2. The van der Waals surface area contributed by atoms with Gasteiger partial charge in [-0.1, -0.05) is 29.8 Å². The van der Waals surface area contributed by atoms with Gasteiger partial charge in [-0.3, -0.25) is 0 Å². The standard InChI is InChI=1S/C20H27NO2/c1-15-6-4-8-18(12-15)23-11-5-7-17(14-21)19-13-16(2)9-10-20(19)22-3/h4,6,8-10,12-13,17H,5,7,11,14,21H2,1-3H3. The van der Waals surface area contributed by atoms with E-state index < -0.39 is 0 Å². The van der Waals surface area contributed by atoms with E-state index in [9.17, 15) is 0 Å². The van der Waals surface area contributed by atoms with E-state index >= 15 is 0 Å². The predicted octanol–water partition coefficient (Wildman–Crippen LogP) is 4.21. The molecule has 0 aliphatic carbocycles. The molecular formula is C20H27NO2. The third-order valence-electron chi connectivity index (χ3n) is 4.06. The maximum Gasteiger partial charge on any atom is 0.122 e. The van der Waals surface area contributed by atoms with Gasteiger partial charge in [0, 0.05) is 0 Å². The van der Waals surface area contributed by atoms with Crippen molar-refractivity contribution in [3.05, 3.63) is 59.2 Å². The van der Waals surface area contributed by atoms with Crippen molar-refractivity contribution in [2.45, 2.75) is 32.6 Å². The number of ether oxygens (including phenoxy) is 2. The van der Waals surface area contributed by atoms with Gasteiger partial charge in [0.15, 0.2) is 0 Å². The lowest BCUT2D eigenvalue weighted by atomic mass is 9.92. The second kappa shape index (κ2) is 8.59. The Morgan fingerprint density at radius 2 is 1.83 bits per heavy atom. The van der Waals surface area contributed by atoms with Crippen LogP contribution in [-0.4, -0.2) is 20.3 Å². The molecule has 1 unspecified atom stereocenters.